The lowest BCUT2D eigenvalue weighted by molar-refractivity contribution is 0.335. The molecule has 1 fully saturated rings. The molecule has 1 nitrogen and oxygen atoms in total. The van der Waals surface area contributed by atoms with Crippen LogP contribution < -0.4 is 5.32 Å². The van der Waals surface area contributed by atoms with Crippen molar-refractivity contribution in [3.8, 4) is 0 Å². The van der Waals surface area contributed by atoms with Crippen LogP contribution in [0.5, 0.6) is 0 Å². The summed E-state index contributed by atoms with van der Waals surface area (Å²) in [6, 6.07) is 5.75. The number of piperidine rings is 1. The molecule has 0 aromatic heterocycles. The molecule has 2 rings (SSSR count). The summed E-state index contributed by atoms with van der Waals surface area (Å²) in [6.07, 6.45) is 2.24. The third kappa shape index (κ3) is 2.30. The highest BCUT2D eigenvalue weighted by atomic mass is 35.5. The maximum atomic E-state index is 6.24. The first kappa shape index (κ1) is 11.3. The van der Waals surface area contributed by atoms with E-state index in [0.29, 0.717) is 0 Å². The summed E-state index contributed by atoms with van der Waals surface area (Å²) in [6.45, 7) is 4.38. The second-order valence-corrected chi connectivity index (χ2v) is 5.28. The summed E-state index contributed by atoms with van der Waals surface area (Å²) >= 11 is 12.3. The minimum atomic E-state index is 0.174. The molecule has 0 spiro atoms. The van der Waals surface area contributed by atoms with Crippen LogP contribution in [-0.2, 0) is 5.41 Å². The van der Waals surface area contributed by atoms with E-state index >= 15 is 0 Å². The Labute approximate surface area is 101 Å². The number of halogens is 2. The van der Waals surface area contributed by atoms with E-state index in [9.17, 15) is 0 Å². The van der Waals surface area contributed by atoms with E-state index in [1.54, 1.807) is 0 Å². The van der Waals surface area contributed by atoms with Crippen molar-refractivity contribution >= 4 is 23.2 Å². The Morgan fingerprint density at radius 1 is 1.20 bits per heavy atom. The van der Waals surface area contributed by atoms with Gasteiger partial charge in [-0.25, -0.2) is 0 Å². The zero-order valence-corrected chi connectivity index (χ0v) is 10.3. The Kier molecular flexibility index (Phi) is 3.24. The summed E-state index contributed by atoms with van der Waals surface area (Å²) < 4.78 is 0. The lowest BCUT2D eigenvalue weighted by Gasteiger charge is -2.35. The van der Waals surface area contributed by atoms with Gasteiger partial charge in [0.05, 0.1) is 0 Å². The van der Waals surface area contributed by atoms with Crippen LogP contribution in [0.25, 0.3) is 0 Å². The second kappa shape index (κ2) is 4.32. The Morgan fingerprint density at radius 3 is 2.53 bits per heavy atom. The van der Waals surface area contributed by atoms with Gasteiger partial charge < -0.3 is 5.32 Å². The van der Waals surface area contributed by atoms with Gasteiger partial charge in [0.2, 0.25) is 0 Å². The summed E-state index contributed by atoms with van der Waals surface area (Å²) in [5, 5.41) is 4.98. The van der Waals surface area contributed by atoms with Crippen LogP contribution in [0.4, 0.5) is 0 Å². The number of benzene rings is 1. The first-order chi connectivity index (χ1) is 7.12. The van der Waals surface area contributed by atoms with Crippen LogP contribution in [0.1, 0.15) is 25.3 Å². The van der Waals surface area contributed by atoms with E-state index in [1.165, 1.54) is 5.56 Å². The standard InChI is InChI=1S/C12H15Cl2N/c1-12(4-6-15-7-5-12)10-8-9(13)2-3-11(10)14/h2-3,8,15H,4-7H2,1H3. The predicted molar refractivity (Wildman–Crippen MR) is 65.9 cm³/mol. The Bertz CT molecular complexity index is 357. The predicted octanol–water partition coefficient (Wildman–Crippen LogP) is 3.63. The first-order valence-corrected chi connectivity index (χ1v) is 6.04. The van der Waals surface area contributed by atoms with Gasteiger partial charge in [0, 0.05) is 10.0 Å². The quantitative estimate of drug-likeness (QED) is 0.795. The van der Waals surface area contributed by atoms with E-state index in [4.69, 9.17) is 23.2 Å². The van der Waals surface area contributed by atoms with Gasteiger partial charge in [-0.2, -0.15) is 0 Å². The fraction of sp³-hybridized carbons (Fsp3) is 0.500. The smallest absolute Gasteiger partial charge is 0.0444 e. The monoisotopic (exact) mass is 243 g/mol. The lowest BCUT2D eigenvalue weighted by Crippen LogP contribution is -2.37. The number of hydrogen-bond donors (Lipinski definition) is 1. The van der Waals surface area contributed by atoms with Crippen molar-refractivity contribution in [2.24, 2.45) is 0 Å². The van der Waals surface area contributed by atoms with Gasteiger partial charge in [0.1, 0.15) is 0 Å². The number of hydrogen-bond acceptors (Lipinski definition) is 1. The maximum Gasteiger partial charge on any atom is 0.0444 e. The highest BCUT2D eigenvalue weighted by Gasteiger charge is 2.30. The van der Waals surface area contributed by atoms with Gasteiger partial charge in [0.25, 0.3) is 0 Å². The van der Waals surface area contributed by atoms with Crippen molar-refractivity contribution in [2.75, 3.05) is 13.1 Å². The number of nitrogens with one attached hydrogen (secondary N) is 1. The fourth-order valence-electron chi connectivity index (χ4n) is 2.21. The molecule has 0 aliphatic carbocycles. The van der Waals surface area contributed by atoms with Crippen LogP contribution >= 0.6 is 23.2 Å². The van der Waals surface area contributed by atoms with Crippen molar-refractivity contribution in [3.63, 3.8) is 0 Å². The van der Waals surface area contributed by atoms with Gasteiger partial charge in [-0.3, -0.25) is 0 Å². The van der Waals surface area contributed by atoms with Crippen molar-refractivity contribution < 1.29 is 0 Å². The van der Waals surface area contributed by atoms with Gasteiger partial charge in [-0.05, 0) is 55.1 Å². The van der Waals surface area contributed by atoms with Crippen LogP contribution in [0, 0.1) is 0 Å². The first-order valence-electron chi connectivity index (χ1n) is 5.28. The molecule has 0 unspecified atom stereocenters. The van der Waals surface area contributed by atoms with Crippen LogP contribution in [0.2, 0.25) is 10.0 Å². The topological polar surface area (TPSA) is 12.0 Å². The second-order valence-electron chi connectivity index (χ2n) is 4.43. The molecule has 1 aromatic carbocycles. The number of rotatable bonds is 1. The molecular weight excluding hydrogens is 229 g/mol. The molecule has 0 saturated carbocycles. The minimum Gasteiger partial charge on any atom is -0.317 e. The molecule has 0 amide bonds. The largest absolute Gasteiger partial charge is 0.317 e. The molecule has 82 valence electrons. The molecule has 1 aromatic rings. The summed E-state index contributed by atoms with van der Waals surface area (Å²) in [4.78, 5) is 0. The molecule has 0 radical (unpaired) electrons. The minimum absolute atomic E-state index is 0.174. The molecule has 1 heterocycles. The van der Waals surface area contributed by atoms with Gasteiger partial charge in [-0.1, -0.05) is 30.1 Å². The molecule has 1 aliphatic rings. The average Bonchev–Trinajstić information content (AvgIpc) is 2.23. The zero-order chi connectivity index (χ0) is 10.9. The normalized spacial score (nSPS) is 20.2. The molecule has 1 saturated heterocycles. The van der Waals surface area contributed by atoms with E-state index in [2.05, 4.69) is 12.2 Å². The van der Waals surface area contributed by atoms with Crippen molar-refractivity contribution in [2.45, 2.75) is 25.2 Å². The van der Waals surface area contributed by atoms with E-state index < -0.39 is 0 Å². The van der Waals surface area contributed by atoms with Crippen molar-refractivity contribution in [1.82, 2.24) is 5.32 Å². The lowest BCUT2D eigenvalue weighted by atomic mass is 9.75. The summed E-state index contributed by atoms with van der Waals surface area (Å²) in [5.41, 5.74) is 1.37. The highest BCUT2D eigenvalue weighted by molar-refractivity contribution is 6.33. The Balaban J connectivity index is 2.38. The zero-order valence-electron chi connectivity index (χ0n) is 8.82. The van der Waals surface area contributed by atoms with Gasteiger partial charge in [0.15, 0.2) is 0 Å². The molecular formula is C12H15Cl2N. The third-order valence-electron chi connectivity index (χ3n) is 3.29. The van der Waals surface area contributed by atoms with Crippen LogP contribution in [-0.4, -0.2) is 13.1 Å². The highest BCUT2D eigenvalue weighted by Crippen LogP contribution is 2.38. The molecule has 3 heteroatoms. The summed E-state index contributed by atoms with van der Waals surface area (Å²) in [5.74, 6) is 0. The Hall–Kier alpha value is -0.240. The Morgan fingerprint density at radius 2 is 1.87 bits per heavy atom. The van der Waals surface area contributed by atoms with E-state index in [1.807, 2.05) is 18.2 Å². The maximum absolute atomic E-state index is 6.24. The van der Waals surface area contributed by atoms with E-state index in [-0.39, 0.29) is 5.41 Å². The average molecular weight is 244 g/mol. The molecule has 15 heavy (non-hydrogen) atoms. The molecule has 0 atom stereocenters. The molecule has 1 aliphatic heterocycles. The third-order valence-corrected chi connectivity index (χ3v) is 3.85. The van der Waals surface area contributed by atoms with E-state index in [0.717, 1.165) is 36.0 Å². The van der Waals surface area contributed by atoms with Gasteiger partial charge >= 0.3 is 0 Å². The van der Waals surface area contributed by atoms with Crippen molar-refractivity contribution in [1.29, 1.82) is 0 Å². The van der Waals surface area contributed by atoms with Crippen LogP contribution in [0.3, 0.4) is 0 Å². The SMILES string of the molecule is CC1(c2cc(Cl)ccc2Cl)CCNCC1. The van der Waals surface area contributed by atoms with Crippen LogP contribution in [0.15, 0.2) is 18.2 Å². The molecule has 0 bridgehead atoms. The van der Waals surface area contributed by atoms with Gasteiger partial charge in [-0.15, -0.1) is 0 Å². The summed E-state index contributed by atoms with van der Waals surface area (Å²) in [7, 11) is 0. The fourth-order valence-corrected chi connectivity index (χ4v) is 2.73. The van der Waals surface area contributed by atoms with Crippen molar-refractivity contribution in [3.05, 3.63) is 33.8 Å². The molecule has 1 N–H and O–H groups in total.